The van der Waals surface area contributed by atoms with E-state index in [1.807, 2.05) is 36.6 Å². The third-order valence-corrected chi connectivity index (χ3v) is 9.77. The Morgan fingerprint density at radius 2 is 1.62 bits per heavy atom. The van der Waals surface area contributed by atoms with Crippen molar-refractivity contribution >= 4 is 42.2 Å². The summed E-state index contributed by atoms with van der Waals surface area (Å²) in [4.78, 5) is 16.8. The summed E-state index contributed by atoms with van der Waals surface area (Å²) in [6.07, 6.45) is 1.66. The number of nitrogens with zero attached hydrogens (tertiary/aromatic N) is 2. The van der Waals surface area contributed by atoms with E-state index in [9.17, 15) is 21.6 Å². The number of rotatable bonds is 6. The van der Waals surface area contributed by atoms with E-state index in [2.05, 4.69) is 10.3 Å². The van der Waals surface area contributed by atoms with Crippen molar-refractivity contribution in [2.45, 2.75) is 29.6 Å². The Kier molecular flexibility index (Phi) is 6.90. The number of benzene rings is 2. The number of carbonyl (C=O) groups excluding carboxylic acids is 1. The van der Waals surface area contributed by atoms with Crippen molar-refractivity contribution in [3.63, 3.8) is 0 Å². The number of anilines is 1. The Bertz CT molecular complexity index is 1410. The molecule has 11 heteroatoms. The number of aromatic nitrogens is 1. The van der Waals surface area contributed by atoms with Crippen LogP contribution in [0.3, 0.4) is 0 Å². The minimum Gasteiger partial charge on any atom is -0.302 e. The smallest absolute Gasteiger partial charge is 0.244 e. The summed E-state index contributed by atoms with van der Waals surface area (Å²) in [5.74, 6) is -0.554. The molecular formula is C23H25N3O5S3. The zero-order valence-electron chi connectivity index (χ0n) is 18.8. The van der Waals surface area contributed by atoms with Gasteiger partial charge in [-0.15, -0.1) is 11.3 Å². The fraction of sp³-hybridized carbons (Fsp3) is 0.304. The molecule has 0 bridgehead atoms. The lowest BCUT2D eigenvalue weighted by Crippen LogP contribution is -2.41. The number of sulfonamides is 1. The number of aryl methyl sites for hydroxylation is 1. The van der Waals surface area contributed by atoms with Gasteiger partial charge in [-0.1, -0.05) is 42.0 Å². The molecule has 0 spiro atoms. The molecule has 1 saturated heterocycles. The molecule has 1 fully saturated rings. The van der Waals surface area contributed by atoms with Crippen molar-refractivity contribution in [3.05, 3.63) is 59.5 Å². The molecule has 4 rings (SSSR count). The highest BCUT2D eigenvalue weighted by Crippen LogP contribution is 2.30. The van der Waals surface area contributed by atoms with Gasteiger partial charge in [0.15, 0.2) is 15.0 Å². The van der Waals surface area contributed by atoms with E-state index in [1.54, 1.807) is 0 Å². The van der Waals surface area contributed by atoms with Gasteiger partial charge in [0.1, 0.15) is 4.90 Å². The van der Waals surface area contributed by atoms with Crippen LogP contribution in [0.15, 0.2) is 63.7 Å². The van der Waals surface area contributed by atoms with Crippen LogP contribution in [0.25, 0.3) is 11.3 Å². The van der Waals surface area contributed by atoms with Gasteiger partial charge in [-0.2, -0.15) is 4.31 Å². The number of thiazole rings is 1. The number of hydrogen-bond donors (Lipinski definition) is 1. The van der Waals surface area contributed by atoms with Gasteiger partial charge in [0, 0.05) is 36.2 Å². The molecule has 180 valence electrons. The van der Waals surface area contributed by atoms with Gasteiger partial charge in [0.2, 0.25) is 15.9 Å². The van der Waals surface area contributed by atoms with Gasteiger partial charge < -0.3 is 5.32 Å². The molecule has 1 aliphatic rings. The van der Waals surface area contributed by atoms with E-state index in [0.29, 0.717) is 18.0 Å². The van der Waals surface area contributed by atoms with E-state index in [-0.39, 0.29) is 34.7 Å². The normalized spacial score (nSPS) is 15.8. The standard InChI is InChI=1S/C23H25N3O5S3/c1-16-7-9-17(10-8-16)19-15-32-23(24-19)25-22(27)18-11-13-26(14-12-18)34(30,31)21-6-4-3-5-20(21)33(2,28)29/h3-10,15,18H,11-14H2,1-2H3,(H,24,25,27). The summed E-state index contributed by atoms with van der Waals surface area (Å²) in [5, 5.41) is 5.23. The van der Waals surface area contributed by atoms with Crippen molar-refractivity contribution in [2.24, 2.45) is 5.92 Å². The second-order valence-corrected chi connectivity index (χ2v) is 13.0. The largest absolute Gasteiger partial charge is 0.302 e. The quantitative estimate of drug-likeness (QED) is 0.533. The van der Waals surface area contributed by atoms with E-state index in [4.69, 9.17) is 0 Å². The molecule has 2 heterocycles. The van der Waals surface area contributed by atoms with E-state index >= 15 is 0 Å². The zero-order chi connectivity index (χ0) is 24.5. The Hall–Kier alpha value is -2.60. The Balaban J connectivity index is 1.41. The molecule has 1 aliphatic heterocycles. The maximum atomic E-state index is 13.1. The first-order valence-corrected chi connectivity index (χ1v) is 14.9. The highest BCUT2D eigenvalue weighted by Gasteiger charge is 2.34. The third-order valence-electron chi connectivity index (χ3n) is 5.77. The minimum absolute atomic E-state index is 0.130. The zero-order valence-corrected chi connectivity index (χ0v) is 21.2. The van der Waals surface area contributed by atoms with Crippen LogP contribution in [-0.4, -0.2) is 51.4 Å². The van der Waals surface area contributed by atoms with Gasteiger partial charge in [-0.05, 0) is 31.9 Å². The van der Waals surface area contributed by atoms with Crippen LogP contribution in [0.4, 0.5) is 5.13 Å². The molecule has 8 nitrogen and oxygen atoms in total. The topological polar surface area (TPSA) is 114 Å². The van der Waals surface area contributed by atoms with E-state index < -0.39 is 19.9 Å². The second-order valence-electron chi connectivity index (χ2n) is 8.29. The average molecular weight is 520 g/mol. The fourth-order valence-corrected chi connectivity index (χ4v) is 7.66. The Labute approximate surface area is 203 Å². The summed E-state index contributed by atoms with van der Waals surface area (Å²) in [7, 11) is -7.71. The Morgan fingerprint density at radius 3 is 2.24 bits per heavy atom. The van der Waals surface area contributed by atoms with Crippen molar-refractivity contribution in [3.8, 4) is 11.3 Å². The van der Waals surface area contributed by atoms with Gasteiger partial charge in [-0.3, -0.25) is 4.79 Å². The van der Waals surface area contributed by atoms with Gasteiger partial charge in [-0.25, -0.2) is 21.8 Å². The van der Waals surface area contributed by atoms with Crippen LogP contribution >= 0.6 is 11.3 Å². The highest BCUT2D eigenvalue weighted by molar-refractivity contribution is 7.93. The molecule has 34 heavy (non-hydrogen) atoms. The molecule has 2 aromatic carbocycles. The molecule has 1 amide bonds. The number of nitrogens with one attached hydrogen (secondary N) is 1. The maximum Gasteiger partial charge on any atom is 0.244 e. The van der Waals surface area contributed by atoms with Crippen molar-refractivity contribution in [2.75, 3.05) is 24.7 Å². The summed E-state index contributed by atoms with van der Waals surface area (Å²) in [6.45, 7) is 2.27. The maximum absolute atomic E-state index is 13.1. The molecule has 1 aromatic heterocycles. The molecule has 0 atom stereocenters. The number of hydrogen-bond acceptors (Lipinski definition) is 7. The molecule has 0 saturated carbocycles. The van der Waals surface area contributed by atoms with Crippen molar-refractivity contribution in [1.82, 2.24) is 9.29 Å². The highest BCUT2D eigenvalue weighted by atomic mass is 32.2. The number of amides is 1. The first kappa shape index (κ1) is 24.5. The predicted octanol–water partition coefficient (Wildman–Crippen LogP) is 3.56. The minimum atomic E-state index is -4.00. The molecule has 0 radical (unpaired) electrons. The molecule has 0 aliphatic carbocycles. The molecule has 0 unspecified atom stereocenters. The average Bonchev–Trinajstić information content (AvgIpc) is 3.27. The van der Waals surface area contributed by atoms with Gasteiger partial charge in [0.05, 0.1) is 10.6 Å². The summed E-state index contributed by atoms with van der Waals surface area (Å²) < 4.78 is 51.6. The fourth-order valence-electron chi connectivity index (χ4n) is 3.86. The summed E-state index contributed by atoms with van der Waals surface area (Å²) in [5.41, 5.74) is 2.90. The van der Waals surface area contributed by atoms with Crippen molar-refractivity contribution < 1.29 is 21.6 Å². The van der Waals surface area contributed by atoms with Crippen LogP contribution in [-0.2, 0) is 24.7 Å². The van der Waals surface area contributed by atoms with E-state index in [1.165, 1.54) is 39.9 Å². The van der Waals surface area contributed by atoms with Crippen LogP contribution in [0.5, 0.6) is 0 Å². The number of piperidine rings is 1. The van der Waals surface area contributed by atoms with Crippen LogP contribution in [0.2, 0.25) is 0 Å². The number of sulfone groups is 1. The second kappa shape index (κ2) is 9.57. The third kappa shape index (κ3) is 5.22. The van der Waals surface area contributed by atoms with Crippen LogP contribution in [0, 0.1) is 12.8 Å². The summed E-state index contributed by atoms with van der Waals surface area (Å²) in [6, 6.07) is 13.6. The first-order valence-electron chi connectivity index (χ1n) is 10.7. The monoisotopic (exact) mass is 519 g/mol. The van der Waals surface area contributed by atoms with Crippen molar-refractivity contribution in [1.29, 1.82) is 0 Å². The Morgan fingerprint density at radius 1 is 1.00 bits per heavy atom. The van der Waals surface area contributed by atoms with E-state index in [0.717, 1.165) is 23.1 Å². The first-order chi connectivity index (χ1) is 16.1. The molecular weight excluding hydrogens is 494 g/mol. The van der Waals surface area contributed by atoms with Crippen LogP contribution in [0.1, 0.15) is 18.4 Å². The van der Waals surface area contributed by atoms with Gasteiger partial charge >= 0.3 is 0 Å². The van der Waals surface area contributed by atoms with Gasteiger partial charge in [0.25, 0.3) is 0 Å². The SMILES string of the molecule is Cc1ccc(-c2csc(NC(=O)C3CCN(S(=O)(=O)c4ccccc4S(C)(=O)=O)CC3)n2)cc1. The lowest BCUT2D eigenvalue weighted by molar-refractivity contribution is -0.120. The lowest BCUT2D eigenvalue weighted by Gasteiger charge is -2.30. The lowest BCUT2D eigenvalue weighted by atomic mass is 9.97. The molecule has 3 aromatic rings. The number of carbonyl (C=O) groups is 1. The summed E-state index contributed by atoms with van der Waals surface area (Å²) >= 11 is 1.34. The van der Waals surface area contributed by atoms with Crippen LogP contribution < -0.4 is 5.32 Å². The predicted molar refractivity (Wildman–Crippen MR) is 132 cm³/mol. The molecule has 1 N–H and O–H groups in total.